The fourth-order valence-corrected chi connectivity index (χ4v) is 1.89. The predicted octanol–water partition coefficient (Wildman–Crippen LogP) is 4.28. The second-order valence-electron chi connectivity index (χ2n) is 4.59. The van der Waals surface area contributed by atoms with Crippen molar-refractivity contribution in [2.75, 3.05) is 0 Å². The molecule has 98 valence electrons. The van der Waals surface area contributed by atoms with E-state index in [1.165, 1.54) is 44.9 Å². The lowest BCUT2D eigenvalue weighted by Crippen LogP contribution is -1.93. The molecule has 0 saturated heterocycles. The average Bonchev–Trinajstić information content (AvgIpc) is 2.30. The van der Waals surface area contributed by atoms with Crippen molar-refractivity contribution in [3.63, 3.8) is 0 Å². The highest BCUT2D eigenvalue weighted by molar-refractivity contribution is 5.66. The van der Waals surface area contributed by atoms with Gasteiger partial charge in [-0.2, -0.15) is 5.26 Å². The van der Waals surface area contributed by atoms with Crippen molar-refractivity contribution in [1.82, 2.24) is 0 Å². The minimum Gasteiger partial charge on any atom is -0.481 e. The number of nitrogens with zero attached hydrogens (tertiary/aromatic N) is 1. The molecular weight excluding hydrogens is 214 g/mol. The van der Waals surface area contributed by atoms with Crippen LogP contribution in [0.2, 0.25) is 0 Å². The van der Waals surface area contributed by atoms with Crippen LogP contribution in [0, 0.1) is 11.3 Å². The normalized spacial score (nSPS) is 10.1. The summed E-state index contributed by atoms with van der Waals surface area (Å²) in [4.78, 5) is 10.3. The van der Waals surface area contributed by atoms with Crippen LogP contribution >= 0.6 is 0 Å². The van der Waals surface area contributed by atoms with Crippen LogP contribution in [0.5, 0.6) is 0 Å². The lowest BCUT2D eigenvalue weighted by molar-refractivity contribution is -0.137. The van der Waals surface area contributed by atoms with Crippen LogP contribution in [-0.4, -0.2) is 11.1 Å². The highest BCUT2D eigenvalue weighted by atomic mass is 16.4. The minimum absolute atomic E-state index is 0.318. The molecule has 0 unspecified atom stereocenters. The Bertz CT molecular complexity index is 221. The third kappa shape index (κ3) is 15.0. The molecule has 0 spiro atoms. The molecule has 0 heterocycles. The van der Waals surface area contributed by atoms with Crippen molar-refractivity contribution in [3.05, 3.63) is 0 Å². The molecule has 1 N–H and O–H groups in total. The van der Waals surface area contributed by atoms with Gasteiger partial charge in [0.2, 0.25) is 0 Å². The van der Waals surface area contributed by atoms with E-state index in [0.717, 1.165) is 19.3 Å². The summed E-state index contributed by atoms with van der Waals surface area (Å²) in [5, 5.41) is 16.8. The van der Waals surface area contributed by atoms with Crippen molar-refractivity contribution < 1.29 is 9.90 Å². The maximum atomic E-state index is 10.3. The maximum absolute atomic E-state index is 10.3. The second kappa shape index (κ2) is 13.0. The number of unbranched alkanes of at least 4 members (excludes halogenated alkanes) is 10. The summed E-state index contributed by atoms with van der Waals surface area (Å²) in [7, 11) is 0. The Morgan fingerprint density at radius 2 is 1.24 bits per heavy atom. The zero-order valence-electron chi connectivity index (χ0n) is 10.8. The first-order chi connectivity index (χ1) is 8.27. The Morgan fingerprint density at radius 3 is 1.65 bits per heavy atom. The molecule has 0 aliphatic rings. The number of rotatable bonds is 12. The quantitative estimate of drug-likeness (QED) is 0.517. The number of carboxylic acids is 1. The van der Waals surface area contributed by atoms with E-state index < -0.39 is 5.97 Å². The van der Waals surface area contributed by atoms with Crippen molar-refractivity contribution in [1.29, 1.82) is 5.26 Å². The van der Waals surface area contributed by atoms with Crippen molar-refractivity contribution in [2.45, 2.75) is 77.0 Å². The third-order valence-corrected chi connectivity index (χ3v) is 2.93. The summed E-state index contributed by atoms with van der Waals surface area (Å²) in [6.45, 7) is 0. The van der Waals surface area contributed by atoms with Crippen LogP contribution in [0.1, 0.15) is 77.0 Å². The molecule has 3 heteroatoms. The van der Waals surface area contributed by atoms with Gasteiger partial charge in [-0.1, -0.05) is 51.4 Å². The van der Waals surface area contributed by atoms with Gasteiger partial charge in [-0.25, -0.2) is 0 Å². The van der Waals surface area contributed by atoms with E-state index in [9.17, 15) is 4.79 Å². The van der Waals surface area contributed by atoms with E-state index in [4.69, 9.17) is 10.4 Å². The Hall–Kier alpha value is -1.04. The fourth-order valence-electron chi connectivity index (χ4n) is 1.89. The molecular formula is C14H25NO2. The lowest BCUT2D eigenvalue weighted by atomic mass is 10.1. The van der Waals surface area contributed by atoms with Crippen molar-refractivity contribution in [2.24, 2.45) is 0 Å². The van der Waals surface area contributed by atoms with Gasteiger partial charge in [-0.15, -0.1) is 0 Å². The average molecular weight is 239 g/mol. The van der Waals surface area contributed by atoms with E-state index in [1.807, 2.05) is 0 Å². The van der Waals surface area contributed by atoms with Gasteiger partial charge in [-0.05, 0) is 12.8 Å². The lowest BCUT2D eigenvalue weighted by Gasteiger charge is -2.01. The number of aliphatic carboxylic acids is 1. The first kappa shape index (κ1) is 16.0. The minimum atomic E-state index is -0.678. The van der Waals surface area contributed by atoms with Gasteiger partial charge in [0.05, 0.1) is 6.07 Å². The van der Waals surface area contributed by atoms with Crippen LogP contribution in [-0.2, 0) is 4.79 Å². The van der Waals surface area contributed by atoms with Crippen molar-refractivity contribution >= 4 is 5.97 Å². The van der Waals surface area contributed by atoms with Gasteiger partial charge in [0, 0.05) is 12.8 Å². The summed E-state index contributed by atoms with van der Waals surface area (Å²) in [6.07, 6.45) is 12.6. The van der Waals surface area contributed by atoms with E-state index in [-0.39, 0.29) is 0 Å². The predicted molar refractivity (Wildman–Crippen MR) is 68.7 cm³/mol. The molecule has 0 aliphatic heterocycles. The zero-order valence-corrected chi connectivity index (χ0v) is 10.8. The Morgan fingerprint density at radius 1 is 0.824 bits per heavy atom. The van der Waals surface area contributed by atoms with E-state index >= 15 is 0 Å². The molecule has 0 amide bonds. The summed E-state index contributed by atoms with van der Waals surface area (Å²) in [6, 6.07) is 2.16. The van der Waals surface area contributed by atoms with Gasteiger partial charge in [0.25, 0.3) is 0 Å². The Labute approximate surface area is 105 Å². The van der Waals surface area contributed by atoms with Gasteiger partial charge in [-0.3, -0.25) is 4.79 Å². The number of hydrogen-bond donors (Lipinski definition) is 1. The Kier molecular flexibility index (Phi) is 12.2. The molecule has 0 aromatic rings. The standard InChI is InChI=1S/C14H25NO2/c15-13-11-9-7-5-3-1-2-4-6-8-10-12-14(16)17/h1-12H2,(H,16,17). The molecule has 0 fully saturated rings. The number of hydrogen-bond acceptors (Lipinski definition) is 2. The largest absolute Gasteiger partial charge is 0.481 e. The fraction of sp³-hybridized carbons (Fsp3) is 0.857. The summed E-state index contributed by atoms with van der Waals surface area (Å²) in [5.74, 6) is -0.678. The zero-order chi connectivity index (χ0) is 12.8. The molecule has 0 atom stereocenters. The van der Waals surface area contributed by atoms with Crippen LogP contribution in [0.3, 0.4) is 0 Å². The highest BCUT2D eigenvalue weighted by Gasteiger charge is 1.96. The van der Waals surface area contributed by atoms with Gasteiger partial charge < -0.3 is 5.11 Å². The number of carbonyl (C=O) groups is 1. The highest BCUT2D eigenvalue weighted by Crippen LogP contribution is 2.11. The van der Waals surface area contributed by atoms with Gasteiger partial charge in [0.1, 0.15) is 0 Å². The maximum Gasteiger partial charge on any atom is 0.303 e. The van der Waals surface area contributed by atoms with E-state index in [1.54, 1.807) is 0 Å². The van der Waals surface area contributed by atoms with Gasteiger partial charge in [0.15, 0.2) is 0 Å². The van der Waals surface area contributed by atoms with Crippen LogP contribution in [0.4, 0.5) is 0 Å². The molecule has 0 aromatic heterocycles. The molecule has 17 heavy (non-hydrogen) atoms. The van der Waals surface area contributed by atoms with Gasteiger partial charge >= 0.3 is 5.97 Å². The third-order valence-electron chi connectivity index (χ3n) is 2.93. The topological polar surface area (TPSA) is 61.1 Å². The molecule has 0 aliphatic carbocycles. The molecule has 0 bridgehead atoms. The SMILES string of the molecule is N#CCCCCCCCCCCCCC(=O)O. The van der Waals surface area contributed by atoms with E-state index in [0.29, 0.717) is 12.8 Å². The van der Waals surface area contributed by atoms with E-state index in [2.05, 4.69) is 6.07 Å². The molecule has 0 aromatic carbocycles. The van der Waals surface area contributed by atoms with Crippen LogP contribution in [0.15, 0.2) is 0 Å². The van der Waals surface area contributed by atoms with Crippen LogP contribution in [0.25, 0.3) is 0 Å². The first-order valence-corrected chi connectivity index (χ1v) is 6.86. The molecule has 0 rings (SSSR count). The first-order valence-electron chi connectivity index (χ1n) is 6.86. The summed E-state index contributed by atoms with van der Waals surface area (Å²) in [5.41, 5.74) is 0. The molecule has 0 saturated carbocycles. The second-order valence-corrected chi connectivity index (χ2v) is 4.59. The summed E-state index contributed by atoms with van der Waals surface area (Å²) >= 11 is 0. The smallest absolute Gasteiger partial charge is 0.303 e. The van der Waals surface area contributed by atoms with Crippen molar-refractivity contribution in [3.8, 4) is 6.07 Å². The Balaban J connectivity index is 2.94. The molecule has 0 radical (unpaired) electrons. The molecule has 3 nitrogen and oxygen atoms in total. The van der Waals surface area contributed by atoms with Crippen LogP contribution < -0.4 is 0 Å². The monoisotopic (exact) mass is 239 g/mol. The number of carboxylic acid groups (broad SMARTS) is 1. The summed E-state index contributed by atoms with van der Waals surface area (Å²) < 4.78 is 0. The number of nitriles is 1.